The van der Waals surface area contributed by atoms with Crippen LogP contribution in [0.1, 0.15) is 11.1 Å². The number of hydrogen-bond donors (Lipinski definition) is 3. The van der Waals surface area contributed by atoms with Crippen LogP contribution in [0.4, 0.5) is 0 Å². The zero-order chi connectivity index (χ0) is 23.7. The fourth-order valence-electron chi connectivity index (χ4n) is 4.41. The molecule has 4 aromatic rings. The van der Waals surface area contributed by atoms with Gasteiger partial charge >= 0.3 is 0 Å². The number of rotatable bonds is 8. The Labute approximate surface area is 203 Å². The number of aliphatic hydroxyl groups is 1. The summed E-state index contributed by atoms with van der Waals surface area (Å²) in [5, 5.41) is 11.0. The molecule has 1 atom stereocenters. The molecule has 3 aromatic carbocycles. The summed E-state index contributed by atoms with van der Waals surface area (Å²) in [4.78, 5) is 4.46. The van der Waals surface area contributed by atoms with Gasteiger partial charge in [0.05, 0.1) is 13.2 Å². The van der Waals surface area contributed by atoms with Crippen molar-refractivity contribution >= 4 is 32.7 Å². The monoisotopic (exact) mass is 494 g/mol. The SMILES string of the molecule is CSc1ccc(-c2cc3c(c(S(=O)(=O)N[C@H](CO)Cc4c[nH]c5ccccc45)c2)OCC3)cc1. The molecule has 176 valence electrons. The number of hydrogen-bond acceptors (Lipinski definition) is 5. The normalized spacial score (nSPS) is 14.2. The minimum atomic E-state index is -3.95. The summed E-state index contributed by atoms with van der Waals surface area (Å²) in [7, 11) is -3.95. The molecule has 34 heavy (non-hydrogen) atoms. The molecule has 0 unspecified atom stereocenters. The molecule has 0 radical (unpaired) electrons. The maximum Gasteiger partial charge on any atom is 0.244 e. The van der Waals surface area contributed by atoms with Crippen molar-refractivity contribution in [1.82, 2.24) is 9.71 Å². The van der Waals surface area contributed by atoms with Gasteiger partial charge in [-0.3, -0.25) is 0 Å². The third kappa shape index (κ3) is 4.46. The van der Waals surface area contributed by atoms with Crippen LogP contribution < -0.4 is 9.46 Å². The number of aromatic nitrogens is 1. The number of H-pyrrole nitrogens is 1. The summed E-state index contributed by atoms with van der Waals surface area (Å²) in [6.45, 7) is 0.128. The predicted octanol–water partition coefficient (Wildman–Crippen LogP) is 4.37. The second kappa shape index (κ2) is 9.46. The first-order valence-corrected chi connectivity index (χ1v) is 13.8. The lowest BCUT2D eigenvalue weighted by Gasteiger charge is -2.18. The van der Waals surface area contributed by atoms with Crippen molar-refractivity contribution in [3.63, 3.8) is 0 Å². The molecule has 0 fully saturated rings. The smallest absolute Gasteiger partial charge is 0.244 e. The number of thioether (sulfide) groups is 1. The van der Waals surface area contributed by atoms with Gasteiger partial charge in [0.25, 0.3) is 0 Å². The fourth-order valence-corrected chi connectivity index (χ4v) is 6.26. The highest BCUT2D eigenvalue weighted by molar-refractivity contribution is 7.98. The summed E-state index contributed by atoms with van der Waals surface area (Å²) in [6.07, 6.45) is 4.90. The van der Waals surface area contributed by atoms with E-state index in [1.54, 1.807) is 17.8 Å². The fraction of sp³-hybridized carbons (Fsp3) is 0.231. The highest BCUT2D eigenvalue weighted by atomic mass is 32.2. The van der Waals surface area contributed by atoms with Gasteiger partial charge in [0.15, 0.2) is 0 Å². The van der Waals surface area contributed by atoms with E-state index in [2.05, 4.69) is 9.71 Å². The maximum absolute atomic E-state index is 13.5. The zero-order valence-electron chi connectivity index (χ0n) is 18.7. The molecule has 0 saturated heterocycles. The molecular formula is C26H26N2O4S2. The topological polar surface area (TPSA) is 91.4 Å². The lowest BCUT2D eigenvalue weighted by molar-refractivity contribution is 0.256. The average molecular weight is 495 g/mol. The molecular weight excluding hydrogens is 468 g/mol. The van der Waals surface area contributed by atoms with Gasteiger partial charge in [0, 0.05) is 34.5 Å². The molecule has 1 aliphatic heterocycles. The van der Waals surface area contributed by atoms with E-state index in [9.17, 15) is 13.5 Å². The number of fused-ring (bicyclic) bond motifs is 2. The predicted molar refractivity (Wildman–Crippen MR) is 136 cm³/mol. The van der Waals surface area contributed by atoms with Crippen LogP contribution in [0.3, 0.4) is 0 Å². The van der Waals surface area contributed by atoms with Gasteiger partial charge in [-0.05, 0) is 65.3 Å². The summed E-state index contributed by atoms with van der Waals surface area (Å²) in [6, 6.07) is 18.9. The molecule has 2 heterocycles. The number of nitrogens with one attached hydrogen (secondary N) is 2. The number of aliphatic hydroxyl groups excluding tert-OH is 1. The molecule has 1 aromatic heterocycles. The van der Waals surface area contributed by atoms with Crippen LogP contribution in [-0.2, 0) is 22.9 Å². The Morgan fingerprint density at radius 1 is 1.12 bits per heavy atom. The molecule has 1 aliphatic rings. The molecule has 0 saturated carbocycles. The van der Waals surface area contributed by atoms with Crippen LogP contribution in [0.2, 0.25) is 0 Å². The van der Waals surface area contributed by atoms with Gasteiger partial charge in [-0.15, -0.1) is 11.8 Å². The Kier molecular flexibility index (Phi) is 6.40. The number of para-hydroxylation sites is 1. The highest BCUT2D eigenvalue weighted by Crippen LogP contribution is 2.38. The zero-order valence-corrected chi connectivity index (χ0v) is 20.4. The molecule has 5 rings (SSSR count). The standard InChI is InChI=1S/C26H26N2O4S2/c1-33-22-8-6-17(7-9-22)19-12-18-10-11-32-26(18)25(14-19)34(30,31)28-21(16-29)13-20-15-27-24-5-3-2-4-23(20)24/h2-9,12,14-15,21,27-29H,10-11,13,16H2,1H3/t21-/m0/s1. The molecule has 0 spiro atoms. The lowest BCUT2D eigenvalue weighted by Crippen LogP contribution is -2.39. The Balaban J connectivity index is 1.47. The lowest BCUT2D eigenvalue weighted by atomic mass is 10.0. The van der Waals surface area contributed by atoms with Gasteiger partial charge in [0.1, 0.15) is 10.6 Å². The van der Waals surface area contributed by atoms with E-state index in [0.717, 1.165) is 38.1 Å². The average Bonchev–Trinajstić information content (AvgIpc) is 3.50. The molecule has 0 amide bonds. The van der Waals surface area contributed by atoms with Crippen LogP contribution >= 0.6 is 11.8 Å². The Hall–Kier alpha value is -2.78. The van der Waals surface area contributed by atoms with E-state index in [1.165, 1.54) is 0 Å². The number of ether oxygens (including phenoxy) is 1. The molecule has 0 aliphatic carbocycles. The number of sulfonamides is 1. The van der Waals surface area contributed by atoms with Gasteiger partial charge in [-0.25, -0.2) is 13.1 Å². The summed E-state index contributed by atoms with van der Waals surface area (Å²) >= 11 is 1.66. The third-order valence-electron chi connectivity index (χ3n) is 6.15. The van der Waals surface area contributed by atoms with E-state index < -0.39 is 16.1 Å². The van der Waals surface area contributed by atoms with Crippen LogP contribution in [0, 0.1) is 0 Å². The third-order valence-corrected chi connectivity index (χ3v) is 8.42. The first-order chi connectivity index (χ1) is 16.5. The van der Waals surface area contributed by atoms with E-state index in [1.807, 2.05) is 67.0 Å². The van der Waals surface area contributed by atoms with Gasteiger partial charge in [-0.2, -0.15) is 0 Å². The van der Waals surface area contributed by atoms with Crippen LogP contribution in [-0.4, -0.2) is 44.0 Å². The number of aromatic amines is 1. The van der Waals surface area contributed by atoms with Gasteiger partial charge < -0.3 is 14.8 Å². The Bertz CT molecular complexity index is 1430. The van der Waals surface area contributed by atoms with E-state index in [-0.39, 0.29) is 11.5 Å². The molecule has 6 nitrogen and oxygen atoms in total. The molecule has 3 N–H and O–H groups in total. The van der Waals surface area contributed by atoms with Crippen molar-refractivity contribution in [1.29, 1.82) is 0 Å². The van der Waals surface area contributed by atoms with Crippen molar-refractivity contribution in [2.75, 3.05) is 19.5 Å². The summed E-state index contributed by atoms with van der Waals surface area (Å²) in [5.41, 5.74) is 4.57. The summed E-state index contributed by atoms with van der Waals surface area (Å²) in [5.74, 6) is 0.403. The largest absolute Gasteiger partial charge is 0.492 e. The van der Waals surface area contributed by atoms with Crippen LogP contribution in [0.25, 0.3) is 22.0 Å². The quantitative estimate of drug-likeness (QED) is 0.316. The van der Waals surface area contributed by atoms with Crippen LogP contribution in [0.5, 0.6) is 5.75 Å². The summed E-state index contributed by atoms with van der Waals surface area (Å²) < 4.78 is 35.5. The maximum atomic E-state index is 13.5. The van der Waals surface area contributed by atoms with Crippen molar-refractivity contribution in [3.8, 4) is 16.9 Å². The minimum Gasteiger partial charge on any atom is -0.492 e. The first-order valence-electron chi connectivity index (χ1n) is 11.1. The Morgan fingerprint density at radius 3 is 2.68 bits per heavy atom. The minimum absolute atomic E-state index is 0.115. The van der Waals surface area contributed by atoms with Crippen molar-refractivity contribution < 1.29 is 18.3 Å². The van der Waals surface area contributed by atoms with Gasteiger partial charge in [0.2, 0.25) is 10.0 Å². The number of benzene rings is 3. The van der Waals surface area contributed by atoms with E-state index in [0.29, 0.717) is 25.2 Å². The van der Waals surface area contributed by atoms with E-state index >= 15 is 0 Å². The van der Waals surface area contributed by atoms with E-state index in [4.69, 9.17) is 4.74 Å². The van der Waals surface area contributed by atoms with Gasteiger partial charge in [-0.1, -0.05) is 30.3 Å². The molecule has 8 heteroatoms. The Morgan fingerprint density at radius 2 is 1.91 bits per heavy atom. The first kappa shape index (κ1) is 23.0. The van der Waals surface area contributed by atoms with Crippen molar-refractivity contribution in [3.05, 3.63) is 78.0 Å². The van der Waals surface area contributed by atoms with Crippen molar-refractivity contribution in [2.45, 2.75) is 28.7 Å². The molecule has 0 bridgehead atoms. The van der Waals surface area contributed by atoms with Crippen LogP contribution in [0.15, 0.2) is 76.7 Å². The highest BCUT2D eigenvalue weighted by Gasteiger charge is 2.29. The second-order valence-electron chi connectivity index (χ2n) is 8.35. The van der Waals surface area contributed by atoms with Crippen molar-refractivity contribution in [2.24, 2.45) is 0 Å². The second-order valence-corrected chi connectivity index (χ2v) is 10.9.